The highest BCUT2D eigenvalue weighted by Crippen LogP contribution is 2.31. The highest BCUT2D eigenvalue weighted by molar-refractivity contribution is 5.85. The van der Waals surface area contributed by atoms with Crippen molar-refractivity contribution in [3.63, 3.8) is 0 Å². The number of amides is 1. The second-order valence-electron chi connectivity index (χ2n) is 7.40. The first-order valence-electron chi connectivity index (χ1n) is 9.43. The van der Waals surface area contributed by atoms with Crippen LogP contribution >= 0.6 is 24.8 Å². The summed E-state index contributed by atoms with van der Waals surface area (Å²) in [5.41, 5.74) is 0. The van der Waals surface area contributed by atoms with Gasteiger partial charge < -0.3 is 19.5 Å². The number of halogens is 2. The summed E-state index contributed by atoms with van der Waals surface area (Å²) in [7, 11) is 0. The molecule has 2 saturated heterocycles. The van der Waals surface area contributed by atoms with E-state index in [4.69, 9.17) is 4.74 Å². The van der Waals surface area contributed by atoms with E-state index in [0.29, 0.717) is 19.1 Å². The Bertz CT molecular complexity index is 565. The lowest BCUT2D eigenvalue weighted by Gasteiger charge is -2.35. The maximum absolute atomic E-state index is 12.5. The zero-order valence-electron chi connectivity index (χ0n) is 15.1. The molecule has 1 amide bonds. The molecular formula is C18H30Cl2N4O2. The topological polar surface area (TPSA) is 59.4 Å². The fourth-order valence-electron chi connectivity index (χ4n) is 4.07. The van der Waals surface area contributed by atoms with Crippen LogP contribution in [0.5, 0.6) is 0 Å². The largest absolute Gasteiger partial charge is 0.366 e. The number of imidazole rings is 1. The summed E-state index contributed by atoms with van der Waals surface area (Å²) in [5, 5.41) is 3.24. The Hall–Kier alpha value is -0.820. The van der Waals surface area contributed by atoms with Crippen LogP contribution in [-0.4, -0.2) is 59.2 Å². The number of nitrogens with one attached hydrogen (secondary N) is 1. The average Bonchev–Trinajstić information content (AvgIpc) is 3.07. The Kier molecular flexibility index (Phi) is 8.20. The molecular weight excluding hydrogens is 375 g/mol. The number of likely N-dealkylation sites (tertiary alicyclic amines) is 1. The summed E-state index contributed by atoms with van der Waals surface area (Å²) in [6.07, 6.45) is 9.89. The third-order valence-corrected chi connectivity index (χ3v) is 5.80. The van der Waals surface area contributed by atoms with Crippen LogP contribution < -0.4 is 5.32 Å². The number of ether oxygens (including phenoxy) is 1. The molecule has 1 atom stereocenters. The van der Waals surface area contributed by atoms with Crippen molar-refractivity contribution in [2.75, 3.05) is 32.8 Å². The van der Waals surface area contributed by atoms with E-state index in [9.17, 15) is 4.79 Å². The van der Waals surface area contributed by atoms with Crippen LogP contribution in [0.25, 0.3) is 0 Å². The van der Waals surface area contributed by atoms with E-state index in [1.54, 1.807) is 0 Å². The van der Waals surface area contributed by atoms with Crippen molar-refractivity contribution in [1.29, 1.82) is 0 Å². The molecule has 26 heavy (non-hydrogen) atoms. The van der Waals surface area contributed by atoms with Crippen LogP contribution in [0.3, 0.4) is 0 Å². The molecule has 148 valence electrons. The molecule has 1 unspecified atom stereocenters. The molecule has 4 rings (SSSR count). The summed E-state index contributed by atoms with van der Waals surface area (Å²) in [6, 6.07) is 0. The molecule has 1 N–H and O–H groups in total. The van der Waals surface area contributed by atoms with Crippen LogP contribution in [0.1, 0.15) is 43.8 Å². The minimum atomic E-state index is -0.295. The molecule has 3 fully saturated rings. The van der Waals surface area contributed by atoms with Gasteiger partial charge in [-0.1, -0.05) is 6.42 Å². The van der Waals surface area contributed by atoms with E-state index < -0.39 is 0 Å². The van der Waals surface area contributed by atoms with E-state index in [-0.39, 0.29) is 36.8 Å². The van der Waals surface area contributed by atoms with Gasteiger partial charge in [0.05, 0.1) is 6.61 Å². The number of carbonyl (C=O) groups is 1. The summed E-state index contributed by atoms with van der Waals surface area (Å²) in [6.45, 7) is 4.88. The van der Waals surface area contributed by atoms with Gasteiger partial charge in [-0.25, -0.2) is 4.98 Å². The molecule has 0 radical (unpaired) electrons. The molecule has 1 aliphatic carbocycles. The fourth-order valence-corrected chi connectivity index (χ4v) is 4.07. The smallest absolute Gasteiger partial charge is 0.253 e. The highest BCUT2D eigenvalue weighted by Gasteiger charge is 2.31. The summed E-state index contributed by atoms with van der Waals surface area (Å²) in [4.78, 5) is 19.2. The molecule has 1 saturated carbocycles. The van der Waals surface area contributed by atoms with Gasteiger partial charge in [0.15, 0.2) is 0 Å². The van der Waals surface area contributed by atoms with E-state index in [2.05, 4.69) is 21.1 Å². The fraction of sp³-hybridized carbons (Fsp3) is 0.778. The average molecular weight is 405 g/mol. The molecule has 0 spiro atoms. The Morgan fingerprint density at radius 3 is 2.62 bits per heavy atom. The van der Waals surface area contributed by atoms with Gasteiger partial charge in [-0.3, -0.25) is 4.79 Å². The number of nitrogens with zero attached hydrogens (tertiary/aromatic N) is 3. The van der Waals surface area contributed by atoms with Crippen molar-refractivity contribution in [2.24, 2.45) is 5.92 Å². The monoisotopic (exact) mass is 404 g/mol. The third-order valence-electron chi connectivity index (χ3n) is 5.80. The first kappa shape index (κ1) is 21.5. The van der Waals surface area contributed by atoms with Crippen LogP contribution in [0.4, 0.5) is 0 Å². The number of piperidine rings is 1. The SMILES string of the molecule is Cl.Cl.O=C(C1CNCCO1)N1CCC(c2nccn2CC2CCC2)CC1. The molecule has 2 aliphatic heterocycles. The molecule has 0 bridgehead atoms. The van der Waals surface area contributed by atoms with E-state index in [1.165, 1.54) is 25.1 Å². The van der Waals surface area contributed by atoms with Crippen molar-refractivity contribution in [2.45, 2.75) is 50.7 Å². The number of carbonyl (C=O) groups excluding carboxylic acids is 1. The lowest BCUT2D eigenvalue weighted by atomic mass is 9.85. The number of hydrogen-bond acceptors (Lipinski definition) is 4. The Balaban J connectivity index is 0.00000121. The second kappa shape index (κ2) is 9.93. The third kappa shape index (κ3) is 4.71. The van der Waals surface area contributed by atoms with Gasteiger partial charge in [-0.15, -0.1) is 24.8 Å². The molecule has 6 nitrogen and oxygen atoms in total. The first-order chi connectivity index (χ1) is 11.8. The first-order valence-corrected chi connectivity index (χ1v) is 9.43. The predicted molar refractivity (Wildman–Crippen MR) is 105 cm³/mol. The maximum Gasteiger partial charge on any atom is 0.253 e. The highest BCUT2D eigenvalue weighted by atomic mass is 35.5. The zero-order chi connectivity index (χ0) is 16.4. The lowest BCUT2D eigenvalue weighted by Crippen LogP contribution is -2.51. The van der Waals surface area contributed by atoms with E-state index in [0.717, 1.165) is 44.9 Å². The summed E-state index contributed by atoms with van der Waals surface area (Å²) >= 11 is 0. The number of morpholine rings is 1. The van der Waals surface area contributed by atoms with Crippen molar-refractivity contribution >= 4 is 30.7 Å². The minimum absolute atomic E-state index is 0. The van der Waals surface area contributed by atoms with Gasteiger partial charge in [-0.2, -0.15) is 0 Å². The Morgan fingerprint density at radius 1 is 1.23 bits per heavy atom. The Labute approximate surface area is 167 Å². The molecule has 1 aromatic heterocycles. The Morgan fingerprint density at radius 2 is 2.00 bits per heavy atom. The molecule has 1 aromatic rings. The van der Waals surface area contributed by atoms with Crippen molar-refractivity contribution < 1.29 is 9.53 Å². The number of aromatic nitrogens is 2. The lowest BCUT2D eigenvalue weighted by molar-refractivity contribution is -0.146. The molecule has 8 heteroatoms. The predicted octanol–water partition coefficient (Wildman–Crippen LogP) is 2.22. The van der Waals surface area contributed by atoms with Crippen LogP contribution in [-0.2, 0) is 16.1 Å². The van der Waals surface area contributed by atoms with Gasteiger partial charge in [0.25, 0.3) is 5.91 Å². The maximum atomic E-state index is 12.5. The van der Waals surface area contributed by atoms with E-state index in [1.807, 2.05) is 11.1 Å². The van der Waals surface area contributed by atoms with Gasteiger partial charge in [0, 0.05) is 51.0 Å². The van der Waals surface area contributed by atoms with Gasteiger partial charge in [0.1, 0.15) is 11.9 Å². The normalized spacial score (nSPS) is 24.3. The van der Waals surface area contributed by atoms with Crippen molar-refractivity contribution in [1.82, 2.24) is 19.8 Å². The van der Waals surface area contributed by atoms with E-state index >= 15 is 0 Å². The summed E-state index contributed by atoms with van der Waals surface area (Å²) in [5.74, 6) is 2.70. The second-order valence-corrected chi connectivity index (χ2v) is 7.40. The zero-order valence-corrected chi connectivity index (χ0v) is 16.8. The van der Waals surface area contributed by atoms with Crippen molar-refractivity contribution in [3.05, 3.63) is 18.2 Å². The standard InChI is InChI=1S/C18H28N4O2.2ClH/c23-18(16-12-19-7-11-24-16)21-8-4-15(5-9-21)17-20-6-10-22(17)13-14-2-1-3-14;;/h6,10,14-16,19H,1-5,7-9,11-13H2;2*1H. The van der Waals surface area contributed by atoms with Crippen LogP contribution in [0.15, 0.2) is 12.4 Å². The molecule has 3 heterocycles. The number of rotatable bonds is 4. The van der Waals surface area contributed by atoms with Crippen LogP contribution in [0.2, 0.25) is 0 Å². The van der Waals surface area contributed by atoms with Gasteiger partial charge >= 0.3 is 0 Å². The summed E-state index contributed by atoms with van der Waals surface area (Å²) < 4.78 is 7.96. The molecule has 0 aromatic carbocycles. The minimum Gasteiger partial charge on any atom is -0.366 e. The van der Waals surface area contributed by atoms with Crippen molar-refractivity contribution in [3.8, 4) is 0 Å². The molecule has 3 aliphatic rings. The number of hydrogen-bond donors (Lipinski definition) is 1. The van der Waals surface area contributed by atoms with Gasteiger partial charge in [-0.05, 0) is 31.6 Å². The van der Waals surface area contributed by atoms with Gasteiger partial charge in [0.2, 0.25) is 0 Å². The quantitative estimate of drug-likeness (QED) is 0.835. The van der Waals surface area contributed by atoms with Crippen LogP contribution in [0, 0.1) is 5.92 Å².